The fraction of sp³-hybridized carbons (Fsp3) is 0.760. The molecule has 1 aliphatic carbocycles. The fourth-order valence-electron chi connectivity index (χ4n) is 4.49. The summed E-state index contributed by atoms with van der Waals surface area (Å²) < 4.78 is 0. The first-order valence-electron chi connectivity index (χ1n) is 11.4. The van der Waals surface area contributed by atoms with Gasteiger partial charge in [0.05, 0.1) is 0 Å². The molecule has 0 unspecified atom stereocenters. The molecule has 0 radical (unpaired) electrons. The molecule has 0 amide bonds. The Balaban J connectivity index is 1.60. The quantitative estimate of drug-likeness (QED) is 0.336. The minimum atomic E-state index is 0.996. The first kappa shape index (κ1) is 20.5. The van der Waals surface area contributed by atoms with Gasteiger partial charge in [0, 0.05) is 0 Å². The van der Waals surface area contributed by atoms with Gasteiger partial charge in [-0.3, -0.25) is 0 Å². The summed E-state index contributed by atoms with van der Waals surface area (Å²) in [6.45, 7) is 4.60. The Morgan fingerprint density at radius 1 is 0.600 bits per heavy atom. The number of unbranched alkanes of at least 4 members (excludes halogenated alkanes) is 5. The smallest absolute Gasteiger partial charge is 0.0276 e. The number of benzene rings is 1. The fourth-order valence-corrected chi connectivity index (χ4v) is 4.49. The maximum absolute atomic E-state index is 2.39. The summed E-state index contributed by atoms with van der Waals surface area (Å²) in [4.78, 5) is 0. The molecule has 0 bridgehead atoms. The summed E-state index contributed by atoms with van der Waals surface area (Å²) in [6.07, 6.45) is 21.2. The van der Waals surface area contributed by atoms with Crippen LogP contribution < -0.4 is 0 Å². The molecule has 0 spiro atoms. The summed E-state index contributed by atoms with van der Waals surface area (Å²) in [5, 5.41) is 0. The van der Waals surface area contributed by atoms with Gasteiger partial charge in [0.2, 0.25) is 0 Å². The molecule has 0 N–H and O–H groups in total. The highest BCUT2D eigenvalue weighted by atomic mass is 14.3. The van der Waals surface area contributed by atoms with Crippen molar-refractivity contribution < 1.29 is 0 Å². The Hall–Kier alpha value is -0.780. The van der Waals surface area contributed by atoms with Crippen LogP contribution in [0.3, 0.4) is 0 Å². The Labute approximate surface area is 157 Å². The van der Waals surface area contributed by atoms with Crippen LogP contribution >= 0.6 is 0 Å². The summed E-state index contributed by atoms with van der Waals surface area (Å²) in [6, 6.07) is 9.55. The van der Waals surface area contributed by atoms with Crippen LogP contribution in [0.15, 0.2) is 24.3 Å². The van der Waals surface area contributed by atoms with Crippen LogP contribution in [0.5, 0.6) is 0 Å². The van der Waals surface area contributed by atoms with E-state index in [1.54, 1.807) is 5.56 Å². The molecule has 1 aromatic carbocycles. The summed E-state index contributed by atoms with van der Waals surface area (Å²) in [5.74, 6) is 2.05. The first-order valence-corrected chi connectivity index (χ1v) is 11.4. The Kier molecular flexibility index (Phi) is 10.3. The molecular formula is C25H42. The summed E-state index contributed by atoms with van der Waals surface area (Å²) in [7, 11) is 0. The zero-order valence-electron chi connectivity index (χ0n) is 17.1. The second kappa shape index (κ2) is 12.6. The van der Waals surface area contributed by atoms with E-state index in [9.17, 15) is 0 Å². The average molecular weight is 343 g/mol. The average Bonchev–Trinajstić information content (AvgIpc) is 2.66. The van der Waals surface area contributed by atoms with E-state index >= 15 is 0 Å². The van der Waals surface area contributed by atoms with Crippen molar-refractivity contribution in [3.63, 3.8) is 0 Å². The molecule has 0 nitrogen and oxygen atoms in total. The van der Waals surface area contributed by atoms with Crippen LogP contribution in [0, 0.1) is 11.8 Å². The van der Waals surface area contributed by atoms with Crippen molar-refractivity contribution >= 4 is 0 Å². The highest BCUT2D eigenvalue weighted by Crippen LogP contribution is 2.34. The van der Waals surface area contributed by atoms with Gasteiger partial charge >= 0.3 is 0 Å². The zero-order valence-corrected chi connectivity index (χ0v) is 17.1. The highest BCUT2D eigenvalue weighted by molar-refractivity contribution is 5.22. The van der Waals surface area contributed by atoms with Crippen molar-refractivity contribution in [1.82, 2.24) is 0 Å². The van der Waals surface area contributed by atoms with Gasteiger partial charge in [-0.1, -0.05) is 109 Å². The summed E-state index contributed by atoms with van der Waals surface area (Å²) in [5.41, 5.74) is 3.09. The van der Waals surface area contributed by atoms with E-state index < -0.39 is 0 Å². The van der Waals surface area contributed by atoms with Gasteiger partial charge in [-0.2, -0.15) is 0 Å². The number of rotatable bonds is 12. The maximum atomic E-state index is 2.39. The lowest BCUT2D eigenvalue weighted by Crippen LogP contribution is -2.15. The van der Waals surface area contributed by atoms with Gasteiger partial charge in [0.15, 0.2) is 0 Å². The van der Waals surface area contributed by atoms with Crippen LogP contribution in [-0.2, 0) is 12.8 Å². The van der Waals surface area contributed by atoms with Crippen molar-refractivity contribution in [1.29, 1.82) is 0 Å². The third-order valence-electron chi connectivity index (χ3n) is 6.37. The van der Waals surface area contributed by atoms with Crippen molar-refractivity contribution in [2.45, 2.75) is 110 Å². The molecule has 1 aliphatic rings. The molecule has 0 aromatic heterocycles. The molecule has 142 valence electrons. The molecular weight excluding hydrogens is 300 g/mol. The van der Waals surface area contributed by atoms with Crippen LogP contribution in [0.2, 0.25) is 0 Å². The van der Waals surface area contributed by atoms with Gasteiger partial charge in [0.1, 0.15) is 0 Å². The lowest BCUT2D eigenvalue weighted by Gasteiger charge is -2.28. The predicted octanol–water partition coefficient (Wildman–Crippen LogP) is 8.13. The van der Waals surface area contributed by atoms with Gasteiger partial charge in [-0.25, -0.2) is 0 Å². The molecule has 2 rings (SSSR count). The van der Waals surface area contributed by atoms with Crippen LogP contribution in [-0.4, -0.2) is 0 Å². The van der Waals surface area contributed by atoms with E-state index in [-0.39, 0.29) is 0 Å². The number of hydrogen-bond donors (Lipinski definition) is 0. The Bertz CT molecular complexity index is 422. The van der Waals surface area contributed by atoms with Crippen LogP contribution in [0.25, 0.3) is 0 Å². The standard InChI is InChI=1S/C25H42/c1-3-5-7-9-11-23-14-18-25(19-15-23)21-20-24-16-12-22(13-17-24)10-8-6-4-2/h14-15,18-19,22,24H,3-13,16-17,20-21H2,1-2H3. The van der Waals surface area contributed by atoms with E-state index in [0.29, 0.717) is 0 Å². The number of hydrogen-bond acceptors (Lipinski definition) is 0. The summed E-state index contributed by atoms with van der Waals surface area (Å²) >= 11 is 0. The first-order chi connectivity index (χ1) is 12.3. The highest BCUT2D eigenvalue weighted by Gasteiger charge is 2.20. The zero-order chi connectivity index (χ0) is 17.7. The van der Waals surface area contributed by atoms with Crippen molar-refractivity contribution in [3.8, 4) is 0 Å². The second-order valence-electron chi connectivity index (χ2n) is 8.55. The molecule has 0 aliphatic heterocycles. The minimum Gasteiger partial charge on any atom is -0.0654 e. The van der Waals surface area contributed by atoms with E-state index in [0.717, 1.165) is 11.8 Å². The minimum absolute atomic E-state index is 0.996. The lowest BCUT2D eigenvalue weighted by molar-refractivity contribution is 0.249. The molecule has 0 heteroatoms. The normalized spacial score (nSPS) is 20.7. The maximum Gasteiger partial charge on any atom is -0.0276 e. The van der Waals surface area contributed by atoms with Gasteiger partial charge in [-0.05, 0) is 48.6 Å². The van der Waals surface area contributed by atoms with Crippen LogP contribution in [0.4, 0.5) is 0 Å². The third-order valence-corrected chi connectivity index (χ3v) is 6.37. The SMILES string of the molecule is CCCCCCc1ccc(CCC2CCC(CCCCC)CC2)cc1. The number of aryl methyl sites for hydroxylation is 2. The molecule has 1 fully saturated rings. The van der Waals surface area contributed by atoms with E-state index in [1.165, 1.54) is 102 Å². The van der Waals surface area contributed by atoms with Gasteiger partial charge in [-0.15, -0.1) is 0 Å². The van der Waals surface area contributed by atoms with E-state index in [4.69, 9.17) is 0 Å². The van der Waals surface area contributed by atoms with Gasteiger partial charge < -0.3 is 0 Å². The Morgan fingerprint density at radius 2 is 1.12 bits per heavy atom. The molecule has 0 heterocycles. The largest absolute Gasteiger partial charge is 0.0654 e. The molecule has 0 atom stereocenters. The molecule has 25 heavy (non-hydrogen) atoms. The van der Waals surface area contributed by atoms with Crippen LogP contribution in [0.1, 0.15) is 108 Å². The van der Waals surface area contributed by atoms with Crippen molar-refractivity contribution in [3.05, 3.63) is 35.4 Å². The van der Waals surface area contributed by atoms with Gasteiger partial charge in [0.25, 0.3) is 0 Å². The Morgan fingerprint density at radius 3 is 1.72 bits per heavy atom. The molecule has 1 aromatic rings. The second-order valence-corrected chi connectivity index (χ2v) is 8.55. The third kappa shape index (κ3) is 8.43. The molecule has 1 saturated carbocycles. The van der Waals surface area contributed by atoms with E-state index in [2.05, 4.69) is 38.1 Å². The van der Waals surface area contributed by atoms with E-state index in [1.807, 2.05) is 0 Å². The topological polar surface area (TPSA) is 0 Å². The monoisotopic (exact) mass is 342 g/mol. The lowest BCUT2D eigenvalue weighted by atomic mass is 9.78. The molecule has 0 saturated heterocycles. The predicted molar refractivity (Wildman–Crippen MR) is 112 cm³/mol. The van der Waals surface area contributed by atoms with Crippen molar-refractivity contribution in [2.75, 3.05) is 0 Å². The van der Waals surface area contributed by atoms with Crippen molar-refractivity contribution in [2.24, 2.45) is 11.8 Å².